The summed E-state index contributed by atoms with van der Waals surface area (Å²) in [5, 5.41) is 1.20. The van der Waals surface area contributed by atoms with Crippen molar-refractivity contribution in [1.82, 2.24) is 14.5 Å². The van der Waals surface area contributed by atoms with Crippen LogP contribution in [0.15, 0.2) is 37.0 Å². The monoisotopic (exact) mass is 532 g/mol. The quantitative estimate of drug-likeness (QED) is 0.301. The van der Waals surface area contributed by atoms with Gasteiger partial charge in [0, 0.05) is 68.6 Å². The van der Waals surface area contributed by atoms with E-state index in [-0.39, 0.29) is 17.5 Å². The number of carbonyl (C=O) groups is 1. The lowest BCUT2D eigenvalue weighted by atomic mass is 9.84. The fourth-order valence-corrected chi connectivity index (χ4v) is 5.54. The van der Waals surface area contributed by atoms with Crippen molar-refractivity contribution in [2.75, 3.05) is 51.8 Å². The molecule has 0 saturated carbocycles. The summed E-state index contributed by atoms with van der Waals surface area (Å²) in [5.41, 5.74) is 7.53. The number of rotatable bonds is 10. The largest absolute Gasteiger partial charge is 0.465 e. The number of aryl methyl sites for hydroxylation is 1. The van der Waals surface area contributed by atoms with E-state index in [0.29, 0.717) is 6.61 Å². The number of anilines is 1. The maximum atomic E-state index is 11.7. The Morgan fingerprint density at radius 2 is 1.92 bits per heavy atom. The number of fused-ring (bicyclic) bond motifs is 1. The molecule has 0 bridgehead atoms. The molecule has 1 fully saturated rings. The Balaban J connectivity index is 1.97. The van der Waals surface area contributed by atoms with E-state index >= 15 is 0 Å². The first-order valence-corrected chi connectivity index (χ1v) is 14.0. The van der Waals surface area contributed by atoms with Crippen LogP contribution in [0.25, 0.3) is 28.2 Å². The lowest BCUT2D eigenvalue weighted by Crippen LogP contribution is -2.44. The highest BCUT2D eigenvalue weighted by Crippen LogP contribution is 2.42. The number of piperazine rings is 1. The van der Waals surface area contributed by atoms with Gasteiger partial charge < -0.3 is 23.8 Å². The minimum atomic E-state index is -0.271. The van der Waals surface area contributed by atoms with Gasteiger partial charge in [0.2, 0.25) is 0 Å². The maximum absolute atomic E-state index is 11.7. The minimum absolute atomic E-state index is 0.171. The normalized spacial score (nSPS) is 15.5. The Hall–Kier alpha value is -3.16. The molecule has 0 aliphatic carbocycles. The average molecular weight is 533 g/mol. The molecule has 0 N–H and O–H groups in total. The van der Waals surface area contributed by atoms with Crippen molar-refractivity contribution in [1.29, 1.82) is 0 Å². The van der Waals surface area contributed by atoms with E-state index in [9.17, 15) is 4.79 Å². The van der Waals surface area contributed by atoms with Gasteiger partial charge in [0.1, 0.15) is 0 Å². The van der Waals surface area contributed by atoms with Crippen LogP contribution in [-0.4, -0.2) is 67.4 Å². The summed E-state index contributed by atoms with van der Waals surface area (Å²) in [5.74, 6) is -0.256. The molecule has 7 heteroatoms. The third-order valence-corrected chi connectivity index (χ3v) is 7.83. The van der Waals surface area contributed by atoms with Gasteiger partial charge in [0.05, 0.1) is 36.0 Å². The first-order valence-electron chi connectivity index (χ1n) is 14.0. The smallest absolute Gasteiger partial charge is 0.302 e. The van der Waals surface area contributed by atoms with Crippen LogP contribution in [0.5, 0.6) is 0 Å². The van der Waals surface area contributed by atoms with Crippen LogP contribution in [0.1, 0.15) is 57.5 Å². The number of aromatic nitrogens is 2. The van der Waals surface area contributed by atoms with Gasteiger partial charge in [-0.1, -0.05) is 32.6 Å². The molecule has 1 aliphatic rings. The summed E-state index contributed by atoms with van der Waals surface area (Å²) in [6.45, 7) is 19.2. The standard InChI is InChI=1S/C32H44N4O3/c1-9-24-11-12-29-26(17-24)28(19-32(5,6)21-39-23(4)37)31(36(29)10-2)27-18-25(20-33-30(27)22(3)38-8)35-15-13-34(7)14-16-35/h9,11-12,17-18,20,22H,1,10,13-16,19,21H2,2-8H3. The van der Waals surface area contributed by atoms with Crippen LogP contribution in [0, 0.1) is 5.41 Å². The number of likely N-dealkylation sites (N-methyl/N-ethyl adjacent to an activating group) is 1. The first-order chi connectivity index (χ1) is 18.6. The lowest BCUT2D eigenvalue weighted by Gasteiger charge is -2.34. The molecule has 0 radical (unpaired) electrons. The SMILES string of the molecule is C=Cc1ccc2c(c1)c(CC(C)(C)COC(C)=O)c(-c1cc(N3CCN(C)CC3)cnc1C(C)OC)n2CC. The van der Waals surface area contributed by atoms with E-state index in [2.05, 4.69) is 80.0 Å². The zero-order chi connectivity index (χ0) is 28.3. The highest BCUT2D eigenvalue weighted by molar-refractivity contribution is 5.94. The summed E-state index contributed by atoms with van der Waals surface area (Å²) in [6.07, 6.45) is 4.46. The van der Waals surface area contributed by atoms with Crippen molar-refractivity contribution in [2.45, 2.75) is 53.7 Å². The molecule has 1 aromatic carbocycles. The Morgan fingerprint density at radius 3 is 2.54 bits per heavy atom. The number of pyridine rings is 1. The molecular weight excluding hydrogens is 488 g/mol. The molecule has 1 unspecified atom stereocenters. The van der Waals surface area contributed by atoms with Crippen LogP contribution < -0.4 is 4.90 Å². The van der Waals surface area contributed by atoms with E-state index in [4.69, 9.17) is 14.5 Å². The summed E-state index contributed by atoms with van der Waals surface area (Å²) < 4.78 is 13.7. The topological polar surface area (TPSA) is 59.8 Å². The molecule has 2 aromatic heterocycles. The number of ether oxygens (including phenoxy) is 2. The molecule has 1 atom stereocenters. The van der Waals surface area contributed by atoms with E-state index < -0.39 is 0 Å². The summed E-state index contributed by atoms with van der Waals surface area (Å²) in [4.78, 5) is 21.5. The first kappa shape index (κ1) is 28.8. The van der Waals surface area contributed by atoms with Gasteiger partial charge in [0.15, 0.2) is 0 Å². The van der Waals surface area contributed by atoms with E-state index in [1.165, 1.54) is 23.4 Å². The molecule has 39 heavy (non-hydrogen) atoms. The second-order valence-corrected chi connectivity index (χ2v) is 11.5. The minimum Gasteiger partial charge on any atom is -0.465 e. The van der Waals surface area contributed by atoms with Crippen LogP contribution in [-0.2, 0) is 27.2 Å². The molecule has 0 amide bonds. The lowest BCUT2D eigenvalue weighted by molar-refractivity contribution is -0.143. The molecule has 1 saturated heterocycles. The van der Waals surface area contributed by atoms with Crippen LogP contribution in [0.3, 0.4) is 0 Å². The zero-order valence-corrected chi connectivity index (χ0v) is 24.7. The predicted octanol–water partition coefficient (Wildman–Crippen LogP) is 5.96. The van der Waals surface area contributed by atoms with Gasteiger partial charge in [-0.15, -0.1) is 0 Å². The molecule has 210 valence electrons. The number of hydrogen-bond donors (Lipinski definition) is 0. The number of methoxy groups -OCH3 is 1. The summed E-state index contributed by atoms with van der Waals surface area (Å²) in [6, 6.07) is 8.85. The van der Waals surface area contributed by atoms with Gasteiger partial charge in [0.25, 0.3) is 0 Å². The number of esters is 1. The van der Waals surface area contributed by atoms with Crippen molar-refractivity contribution in [2.24, 2.45) is 5.41 Å². The Morgan fingerprint density at radius 1 is 1.21 bits per heavy atom. The van der Waals surface area contributed by atoms with Crippen molar-refractivity contribution >= 4 is 28.6 Å². The fourth-order valence-electron chi connectivity index (χ4n) is 5.54. The van der Waals surface area contributed by atoms with Crippen molar-refractivity contribution in [3.8, 4) is 11.3 Å². The van der Waals surface area contributed by atoms with Crippen LogP contribution in [0.4, 0.5) is 5.69 Å². The second kappa shape index (κ2) is 11.9. The van der Waals surface area contributed by atoms with E-state index in [1.54, 1.807) is 7.11 Å². The van der Waals surface area contributed by atoms with Gasteiger partial charge >= 0.3 is 5.97 Å². The van der Waals surface area contributed by atoms with Gasteiger partial charge in [-0.25, -0.2) is 0 Å². The Kier molecular flexibility index (Phi) is 8.82. The zero-order valence-electron chi connectivity index (χ0n) is 24.7. The molecule has 1 aliphatic heterocycles. The van der Waals surface area contributed by atoms with Gasteiger partial charge in [-0.3, -0.25) is 9.78 Å². The third kappa shape index (κ3) is 6.20. The third-order valence-electron chi connectivity index (χ3n) is 7.83. The Bertz CT molecular complexity index is 1330. The Labute approximate surface area is 233 Å². The average Bonchev–Trinajstić information content (AvgIpc) is 3.23. The molecule has 4 rings (SSSR count). The molecule has 7 nitrogen and oxygen atoms in total. The number of hydrogen-bond acceptors (Lipinski definition) is 6. The van der Waals surface area contributed by atoms with Crippen LogP contribution >= 0.6 is 0 Å². The maximum Gasteiger partial charge on any atom is 0.302 e. The second-order valence-electron chi connectivity index (χ2n) is 11.5. The number of carbonyl (C=O) groups excluding carboxylic acids is 1. The van der Waals surface area contributed by atoms with E-state index in [1.807, 2.05) is 12.3 Å². The van der Waals surface area contributed by atoms with Gasteiger partial charge in [-0.2, -0.15) is 0 Å². The predicted molar refractivity (Wildman–Crippen MR) is 160 cm³/mol. The summed E-state index contributed by atoms with van der Waals surface area (Å²) >= 11 is 0. The highest BCUT2D eigenvalue weighted by Gasteiger charge is 2.29. The highest BCUT2D eigenvalue weighted by atomic mass is 16.5. The number of nitrogens with zero attached hydrogens (tertiary/aromatic N) is 4. The van der Waals surface area contributed by atoms with E-state index in [0.717, 1.165) is 67.3 Å². The molecule has 0 spiro atoms. The molecule has 3 aromatic rings. The van der Waals surface area contributed by atoms with Crippen LogP contribution in [0.2, 0.25) is 0 Å². The van der Waals surface area contributed by atoms with Crippen molar-refractivity contribution < 1.29 is 14.3 Å². The molecule has 3 heterocycles. The number of benzene rings is 1. The van der Waals surface area contributed by atoms with Crippen molar-refractivity contribution in [3.63, 3.8) is 0 Å². The molecular formula is C32H44N4O3. The van der Waals surface area contributed by atoms with Gasteiger partial charge in [-0.05, 0) is 56.6 Å². The van der Waals surface area contributed by atoms with Crippen molar-refractivity contribution in [3.05, 3.63) is 53.9 Å². The summed E-state index contributed by atoms with van der Waals surface area (Å²) in [7, 11) is 3.91. The fraction of sp³-hybridized carbons (Fsp3) is 0.500.